The van der Waals surface area contributed by atoms with Crippen molar-refractivity contribution in [1.29, 1.82) is 0 Å². The van der Waals surface area contributed by atoms with Gasteiger partial charge in [0, 0.05) is 16.5 Å². The van der Waals surface area contributed by atoms with E-state index in [-0.39, 0.29) is 4.90 Å². The molecular weight excluding hydrogens is 484 g/mol. The number of nitrogens with zero attached hydrogens (tertiary/aromatic N) is 1. The van der Waals surface area contributed by atoms with E-state index in [1.54, 1.807) is 54.6 Å². The third kappa shape index (κ3) is 4.99. The zero-order chi connectivity index (χ0) is 25.8. The number of hydrogen-bond acceptors (Lipinski definition) is 4. The molecule has 0 radical (unpaired) electrons. The number of carbonyl (C=O) groups is 1. The molecule has 0 aromatic heterocycles. The number of benzene rings is 5. The van der Waals surface area contributed by atoms with Crippen LogP contribution in [-0.4, -0.2) is 27.5 Å². The molecule has 1 amide bonds. The van der Waals surface area contributed by atoms with E-state index in [4.69, 9.17) is 4.74 Å². The van der Waals surface area contributed by atoms with Gasteiger partial charge < -0.3 is 10.1 Å². The summed E-state index contributed by atoms with van der Waals surface area (Å²) in [5.74, 6) is 0.234. The summed E-state index contributed by atoms with van der Waals surface area (Å²) in [4.78, 5) is 13.4. The number of sulfonamides is 1. The SMILES string of the molecule is CCOc1ccc(NC(=O)CN(c2cccc3ccccc23)S(=O)(=O)c2cccc3ccccc23)cc1. The summed E-state index contributed by atoms with van der Waals surface area (Å²) in [6, 6.07) is 32.4. The molecule has 0 atom stereocenters. The molecule has 37 heavy (non-hydrogen) atoms. The number of nitrogens with one attached hydrogen (secondary N) is 1. The van der Waals surface area contributed by atoms with Gasteiger partial charge in [-0.15, -0.1) is 0 Å². The monoisotopic (exact) mass is 510 g/mol. The molecule has 186 valence electrons. The van der Waals surface area contributed by atoms with Gasteiger partial charge in [0.25, 0.3) is 10.0 Å². The van der Waals surface area contributed by atoms with Crippen molar-refractivity contribution in [1.82, 2.24) is 0 Å². The van der Waals surface area contributed by atoms with Gasteiger partial charge in [-0.1, -0.05) is 72.8 Å². The summed E-state index contributed by atoms with van der Waals surface area (Å²) in [5, 5.41) is 5.84. The molecule has 7 heteroatoms. The Hall–Kier alpha value is -4.36. The summed E-state index contributed by atoms with van der Waals surface area (Å²) < 4.78 is 35.1. The van der Waals surface area contributed by atoms with E-state index in [2.05, 4.69) is 5.32 Å². The van der Waals surface area contributed by atoms with E-state index in [9.17, 15) is 13.2 Å². The van der Waals surface area contributed by atoms with Crippen molar-refractivity contribution >= 4 is 48.9 Å². The van der Waals surface area contributed by atoms with Crippen LogP contribution in [0, 0.1) is 0 Å². The second-order valence-corrected chi connectivity index (χ2v) is 10.3. The summed E-state index contributed by atoms with van der Waals surface area (Å²) in [5.41, 5.74) is 0.988. The fourth-order valence-electron chi connectivity index (χ4n) is 4.40. The number of rotatable bonds is 8. The highest BCUT2D eigenvalue weighted by Crippen LogP contribution is 2.33. The molecule has 0 aliphatic carbocycles. The molecule has 0 aliphatic rings. The summed E-state index contributed by atoms with van der Waals surface area (Å²) in [7, 11) is -4.12. The minimum Gasteiger partial charge on any atom is -0.494 e. The average molecular weight is 511 g/mol. The van der Waals surface area contributed by atoms with Gasteiger partial charge >= 0.3 is 0 Å². The standard InChI is InChI=1S/C30H26N2O4S/c1-2-36-25-19-17-24(18-20-25)31-30(33)21-32(28-15-7-11-22-9-3-5-13-26(22)28)37(34,35)29-16-8-12-23-10-4-6-14-27(23)29/h3-20H,2,21H2,1H3,(H,31,33). The van der Waals surface area contributed by atoms with Crippen LogP contribution in [0.25, 0.3) is 21.5 Å². The van der Waals surface area contributed by atoms with Crippen molar-refractivity contribution in [2.45, 2.75) is 11.8 Å². The fraction of sp³-hybridized carbons (Fsp3) is 0.100. The van der Waals surface area contributed by atoms with Gasteiger partial charge in [0.1, 0.15) is 12.3 Å². The van der Waals surface area contributed by atoms with Gasteiger partial charge in [0.2, 0.25) is 5.91 Å². The Labute approximate surface area is 216 Å². The van der Waals surface area contributed by atoms with E-state index in [1.165, 1.54) is 4.31 Å². The first kappa shape index (κ1) is 24.3. The van der Waals surface area contributed by atoms with Crippen LogP contribution < -0.4 is 14.4 Å². The Morgan fingerprint density at radius 2 is 1.35 bits per heavy atom. The van der Waals surface area contributed by atoms with Crippen LogP contribution in [0.4, 0.5) is 11.4 Å². The Morgan fingerprint density at radius 1 is 0.757 bits per heavy atom. The Balaban J connectivity index is 1.57. The second-order valence-electron chi connectivity index (χ2n) is 8.49. The van der Waals surface area contributed by atoms with Crippen LogP contribution in [-0.2, 0) is 14.8 Å². The Kier molecular flexibility index (Phi) is 6.79. The minimum absolute atomic E-state index is 0.146. The van der Waals surface area contributed by atoms with Gasteiger partial charge in [-0.2, -0.15) is 0 Å². The zero-order valence-electron chi connectivity index (χ0n) is 20.3. The van der Waals surface area contributed by atoms with Gasteiger partial charge in [-0.3, -0.25) is 9.10 Å². The number of carbonyl (C=O) groups excluding carboxylic acids is 1. The normalized spacial score (nSPS) is 11.4. The van der Waals surface area contributed by atoms with E-state index >= 15 is 0 Å². The third-order valence-electron chi connectivity index (χ3n) is 6.09. The smallest absolute Gasteiger partial charge is 0.265 e. The maximum absolute atomic E-state index is 14.2. The lowest BCUT2D eigenvalue weighted by Crippen LogP contribution is -2.38. The highest BCUT2D eigenvalue weighted by atomic mass is 32.2. The van der Waals surface area contributed by atoms with Crippen LogP contribution in [0.3, 0.4) is 0 Å². The maximum Gasteiger partial charge on any atom is 0.265 e. The van der Waals surface area contributed by atoms with Crippen LogP contribution in [0.2, 0.25) is 0 Å². The van der Waals surface area contributed by atoms with Gasteiger partial charge in [-0.05, 0) is 54.1 Å². The van der Waals surface area contributed by atoms with E-state index in [0.717, 1.165) is 16.2 Å². The summed E-state index contributed by atoms with van der Waals surface area (Å²) >= 11 is 0. The first-order valence-corrected chi connectivity index (χ1v) is 13.4. The molecule has 5 aromatic rings. The molecule has 0 saturated heterocycles. The molecule has 0 fully saturated rings. The van der Waals surface area contributed by atoms with Gasteiger partial charge in [0.05, 0.1) is 17.2 Å². The van der Waals surface area contributed by atoms with E-state index < -0.39 is 22.5 Å². The molecule has 0 aliphatic heterocycles. The molecule has 1 N–H and O–H groups in total. The zero-order valence-corrected chi connectivity index (χ0v) is 21.1. The fourth-order valence-corrected chi connectivity index (χ4v) is 6.05. The van der Waals surface area contributed by atoms with Crippen molar-refractivity contribution in [3.8, 4) is 5.75 Å². The van der Waals surface area contributed by atoms with Gasteiger partial charge in [0.15, 0.2) is 0 Å². The molecule has 0 unspecified atom stereocenters. The molecule has 6 nitrogen and oxygen atoms in total. The minimum atomic E-state index is -4.12. The quantitative estimate of drug-likeness (QED) is 0.269. The van der Waals surface area contributed by atoms with Crippen molar-refractivity contribution in [3.05, 3.63) is 109 Å². The van der Waals surface area contributed by atoms with Crippen LogP contribution >= 0.6 is 0 Å². The van der Waals surface area contributed by atoms with Crippen molar-refractivity contribution < 1.29 is 17.9 Å². The van der Waals surface area contributed by atoms with Crippen molar-refractivity contribution in [2.24, 2.45) is 0 Å². The predicted molar refractivity (Wildman–Crippen MR) is 149 cm³/mol. The number of anilines is 2. The number of ether oxygens (including phenoxy) is 1. The summed E-state index contributed by atoms with van der Waals surface area (Å²) in [6.07, 6.45) is 0. The molecule has 0 spiro atoms. The van der Waals surface area contributed by atoms with Crippen molar-refractivity contribution in [2.75, 3.05) is 22.8 Å². The number of fused-ring (bicyclic) bond motifs is 2. The lowest BCUT2D eigenvalue weighted by atomic mass is 10.1. The molecule has 5 aromatic carbocycles. The lowest BCUT2D eigenvalue weighted by Gasteiger charge is -2.26. The molecule has 0 saturated carbocycles. The first-order valence-electron chi connectivity index (χ1n) is 12.0. The van der Waals surface area contributed by atoms with Gasteiger partial charge in [-0.25, -0.2) is 8.42 Å². The first-order chi connectivity index (χ1) is 18.0. The van der Waals surface area contributed by atoms with E-state index in [1.807, 2.05) is 61.5 Å². The molecule has 0 bridgehead atoms. The average Bonchev–Trinajstić information content (AvgIpc) is 2.92. The Bertz CT molecular complexity index is 1670. The van der Waals surface area contributed by atoms with Crippen LogP contribution in [0.5, 0.6) is 5.75 Å². The summed E-state index contributed by atoms with van der Waals surface area (Å²) in [6.45, 7) is 2.04. The van der Waals surface area contributed by atoms with Crippen LogP contribution in [0.15, 0.2) is 114 Å². The number of amides is 1. The Morgan fingerprint density at radius 3 is 2.05 bits per heavy atom. The van der Waals surface area contributed by atoms with Crippen LogP contribution in [0.1, 0.15) is 6.92 Å². The molecule has 0 heterocycles. The number of hydrogen-bond donors (Lipinski definition) is 1. The van der Waals surface area contributed by atoms with Crippen molar-refractivity contribution in [3.63, 3.8) is 0 Å². The topological polar surface area (TPSA) is 75.7 Å². The second kappa shape index (κ2) is 10.3. The predicted octanol–water partition coefficient (Wildman–Crippen LogP) is 6.23. The maximum atomic E-state index is 14.2. The molecule has 5 rings (SSSR count). The third-order valence-corrected chi connectivity index (χ3v) is 7.91. The largest absolute Gasteiger partial charge is 0.494 e. The molecular formula is C30H26N2O4S. The highest BCUT2D eigenvalue weighted by Gasteiger charge is 2.30. The highest BCUT2D eigenvalue weighted by molar-refractivity contribution is 7.93. The lowest BCUT2D eigenvalue weighted by molar-refractivity contribution is -0.114. The van der Waals surface area contributed by atoms with E-state index in [0.29, 0.717) is 29.1 Å².